The molecule has 1 saturated heterocycles. The zero-order valence-corrected chi connectivity index (χ0v) is 17.1. The third-order valence-corrected chi connectivity index (χ3v) is 7.61. The van der Waals surface area contributed by atoms with E-state index in [1.807, 2.05) is 24.3 Å². The number of nitrogens with zero attached hydrogens (tertiary/aromatic N) is 2. The number of sulfone groups is 1. The summed E-state index contributed by atoms with van der Waals surface area (Å²) >= 11 is 0. The van der Waals surface area contributed by atoms with Gasteiger partial charge in [0.2, 0.25) is 0 Å². The average molecular weight is 424 g/mol. The van der Waals surface area contributed by atoms with E-state index in [1.54, 1.807) is 23.1 Å². The molecule has 30 heavy (non-hydrogen) atoms. The molecule has 1 atom stereocenters. The Morgan fingerprint density at radius 2 is 1.73 bits per heavy atom. The first-order valence-electron chi connectivity index (χ1n) is 10.1. The van der Waals surface area contributed by atoms with Gasteiger partial charge >= 0.3 is 0 Å². The van der Waals surface area contributed by atoms with E-state index < -0.39 is 9.84 Å². The summed E-state index contributed by atoms with van der Waals surface area (Å²) in [5.41, 5.74) is 2.50. The Morgan fingerprint density at radius 3 is 2.40 bits per heavy atom. The maximum atomic E-state index is 13.7. The standard InChI is InChI=1S/C23H21FN2O3S/c24-16-7-5-15(6-8-16)22-13-20(19-3-1-2-4-21(19)25-22)23(27)26(17-9-10-17)18-11-12-30(28,29)14-18/h1-8,13,17-18H,9-12,14H2. The largest absolute Gasteiger partial charge is 0.332 e. The van der Waals surface area contributed by atoms with Crippen molar-refractivity contribution in [2.24, 2.45) is 0 Å². The average Bonchev–Trinajstić information content (AvgIpc) is 3.50. The van der Waals surface area contributed by atoms with Crippen molar-refractivity contribution in [3.63, 3.8) is 0 Å². The molecule has 1 unspecified atom stereocenters. The second-order valence-corrected chi connectivity index (χ2v) is 10.3. The van der Waals surface area contributed by atoms with Crippen molar-refractivity contribution >= 4 is 26.6 Å². The molecule has 0 N–H and O–H groups in total. The van der Waals surface area contributed by atoms with Crippen LogP contribution in [0.2, 0.25) is 0 Å². The van der Waals surface area contributed by atoms with E-state index in [0.29, 0.717) is 23.2 Å². The zero-order chi connectivity index (χ0) is 20.9. The van der Waals surface area contributed by atoms with Crippen LogP contribution in [0.1, 0.15) is 29.6 Å². The molecule has 0 radical (unpaired) electrons. The lowest BCUT2D eigenvalue weighted by Crippen LogP contribution is -2.42. The minimum absolute atomic E-state index is 0.0308. The van der Waals surface area contributed by atoms with Gasteiger partial charge in [0.1, 0.15) is 5.82 Å². The molecule has 1 aliphatic carbocycles. The highest BCUT2D eigenvalue weighted by atomic mass is 32.2. The Kier molecular flexibility index (Phi) is 4.58. The molecule has 1 aromatic heterocycles. The van der Waals surface area contributed by atoms with Gasteiger partial charge in [-0.3, -0.25) is 4.79 Å². The van der Waals surface area contributed by atoms with Crippen molar-refractivity contribution in [3.8, 4) is 11.3 Å². The molecule has 5 rings (SSSR count). The summed E-state index contributed by atoms with van der Waals surface area (Å²) in [5.74, 6) is -0.324. The van der Waals surface area contributed by atoms with Gasteiger partial charge in [-0.2, -0.15) is 0 Å². The molecule has 3 aromatic rings. The fourth-order valence-corrected chi connectivity index (χ4v) is 5.95. The summed E-state index contributed by atoms with van der Waals surface area (Å²) in [6.45, 7) is 0. The van der Waals surface area contributed by atoms with Gasteiger partial charge in [-0.05, 0) is 55.7 Å². The van der Waals surface area contributed by atoms with Gasteiger partial charge in [0.15, 0.2) is 9.84 Å². The first-order chi connectivity index (χ1) is 14.4. The maximum Gasteiger partial charge on any atom is 0.255 e. The van der Waals surface area contributed by atoms with Crippen LogP contribution in [0.25, 0.3) is 22.2 Å². The Bertz CT molecular complexity index is 1240. The minimum Gasteiger partial charge on any atom is -0.332 e. The van der Waals surface area contributed by atoms with E-state index in [0.717, 1.165) is 23.8 Å². The Morgan fingerprint density at radius 1 is 1.00 bits per heavy atom. The van der Waals surface area contributed by atoms with Gasteiger partial charge < -0.3 is 4.90 Å². The van der Waals surface area contributed by atoms with Crippen LogP contribution in [0, 0.1) is 5.82 Å². The van der Waals surface area contributed by atoms with Crippen molar-refractivity contribution in [2.75, 3.05) is 11.5 Å². The van der Waals surface area contributed by atoms with Crippen LogP contribution in [0.4, 0.5) is 4.39 Å². The highest BCUT2D eigenvalue weighted by molar-refractivity contribution is 7.91. The lowest BCUT2D eigenvalue weighted by molar-refractivity contribution is 0.0683. The van der Waals surface area contributed by atoms with Crippen LogP contribution >= 0.6 is 0 Å². The molecular weight excluding hydrogens is 403 g/mol. The minimum atomic E-state index is -3.10. The summed E-state index contributed by atoms with van der Waals surface area (Å²) in [6, 6.07) is 15.0. The molecule has 1 saturated carbocycles. The SMILES string of the molecule is O=C(c1cc(-c2ccc(F)cc2)nc2ccccc12)N(C1CC1)C1CCS(=O)(=O)C1. The molecule has 154 valence electrons. The molecule has 1 amide bonds. The van der Waals surface area contributed by atoms with E-state index in [-0.39, 0.29) is 35.3 Å². The van der Waals surface area contributed by atoms with E-state index >= 15 is 0 Å². The number of amides is 1. The van der Waals surface area contributed by atoms with Gasteiger partial charge in [-0.1, -0.05) is 18.2 Å². The van der Waals surface area contributed by atoms with E-state index in [1.165, 1.54) is 12.1 Å². The fraction of sp³-hybridized carbons (Fsp3) is 0.304. The summed E-state index contributed by atoms with van der Waals surface area (Å²) in [6.07, 6.45) is 2.28. The lowest BCUT2D eigenvalue weighted by Gasteiger charge is -2.29. The summed E-state index contributed by atoms with van der Waals surface area (Å²) < 4.78 is 37.5. The van der Waals surface area contributed by atoms with Crippen LogP contribution in [0.15, 0.2) is 54.6 Å². The van der Waals surface area contributed by atoms with Crippen molar-refractivity contribution in [1.29, 1.82) is 0 Å². The molecule has 7 heteroatoms. The normalized spacial score (nSPS) is 20.4. The topological polar surface area (TPSA) is 67.3 Å². The van der Waals surface area contributed by atoms with Crippen molar-refractivity contribution in [3.05, 3.63) is 66.0 Å². The number of rotatable bonds is 4. The molecule has 0 bridgehead atoms. The highest BCUT2D eigenvalue weighted by Gasteiger charge is 2.42. The van der Waals surface area contributed by atoms with Gasteiger partial charge in [-0.25, -0.2) is 17.8 Å². The molecule has 5 nitrogen and oxygen atoms in total. The molecule has 2 heterocycles. The number of fused-ring (bicyclic) bond motifs is 1. The number of hydrogen-bond acceptors (Lipinski definition) is 4. The number of hydrogen-bond donors (Lipinski definition) is 0. The van der Waals surface area contributed by atoms with Crippen LogP contribution in [-0.4, -0.2) is 47.8 Å². The number of halogens is 1. The van der Waals surface area contributed by atoms with E-state index in [2.05, 4.69) is 4.98 Å². The number of aromatic nitrogens is 1. The molecular formula is C23H21FN2O3S. The fourth-order valence-electron chi connectivity index (χ4n) is 4.24. The monoisotopic (exact) mass is 424 g/mol. The quantitative estimate of drug-likeness (QED) is 0.638. The number of para-hydroxylation sites is 1. The maximum absolute atomic E-state index is 13.7. The van der Waals surface area contributed by atoms with Gasteiger partial charge in [0.25, 0.3) is 5.91 Å². The number of benzene rings is 2. The van der Waals surface area contributed by atoms with Crippen LogP contribution < -0.4 is 0 Å². The Balaban J connectivity index is 1.61. The Labute approximate surface area is 174 Å². The van der Waals surface area contributed by atoms with Crippen molar-refractivity contribution in [1.82, 2.24) is 9.88 Å². The molecule has 1 aliphatic heterocycles. The third kappa shape index (κ3) is 3.58. The zero-order valence-electron chi connectivity index (χ0n) is 16.3. The summed E-state index contributed by atoms with van der Waals surface area (Å²) in [7, 11) is -3.10. The first-order valence-corrected chi connectivity index (χ1v) is 11.9. The van der Waals surface area contributed by atoms with Crippen LogP contribution in [0.3, 0.4) is 0 Å². The predicted octanol–water partition coefficient (Wildman–Crippen LogP) is 3.83. The van der Waals surface area contributed by atoms with Crippen LogP contribution in [-0.2, 0) is 9.84 Å². The molecule has 2 fully saturated rings. The highest BCUT2D eigenvalue weighted by Crippen LogP contribution is 2.35. The van der Waals surface area contributed by atoms with Crippen molar-refractivity contribution in [2.45, 2.75) is 31.3 Å². The summed E-state index contributed by atoms with van der Waals surface area (Å²) in [5, 5.41) is 0.736. The van der Waals surface area contributed by atoms with Crippen molar-refractivity contribution < 1.29 is 17.6 Å². The number of carbonyl (C=O) groups excluding carboxylic acids is 1. The third-order valence-electron chi connectivity index (χ3n) is 5.86. The van der Waals surface area contributed by atoms with Gasteiger partial charge in [-0.15, -0.1) is 0 Å². The van der Waals surface area contributed by atoms with Gasteiger partial charge in [0.05, 0.1) is 28.3 Å². The van der Waals surface area contributed by atoms with Gasteiger partial charge in [0, 0.05) is 23.0 Å². The van der Waals surface area contributed by atoms with E-state index in [9.17, 15) is 17.6 Å². The second kappa shape index (κ2) is 7.16. The Hall–Kier alpha value is -2.80. The number of carbonyl (C=O) groups is 1. The smallest absolute Gasteiger partial charge is 0.255 e. The lowest BCUT2D eigenvalue weighted by atomic mass is 10.0. The van der Waals surface area contributed by atoms with Crippen LogP contribution in [0.5, 0.6) is 0 Å². The molecule has 2 aliphatic rings. The molecule has 2 aromatic carbocycles. The second-order valence-electron chi connectivity index (χ2n) is 8.08. The first kappa shape index (κ1) is 19.2. The van der Waals surface area contributed by atoms with E-state index in [4.69, 9.17) is 0 Å². The predicted molar refractivity (Wildman–Crippen MR) is 113 cm³/mol. The summed E-state index contributed by atoms with van der Waals surface area (Å²) in [4.78, 5) is 20.2. The number of pyridine rings is 1. The molecule has 0 spiro atoms.